The molecule has 1 saturated heterocycles. The van der Waals surface area contributed by atoms with Gasteiger partial charge in [0.05, 0.1) is 11.2 Å². The lowest BCUT2D eigenvalue weighted by Crippen LogP contribution is -2.41. The Kier molecular flexibility index (Phi) is 7.33. The Morgan fingerprint density at radius 1 is 1.21 bits per heavy atom. The summed E-state index contributed by atoms with van der Waals surface area (Å²) in [6, 6.07) is 15.5. The number of fused-ring (bicyclic) bond motifs is 1. The molecule has 0 radical (unpaired) electrons. The average Bonchev–Trinajstić information content (AvgIpc) is 2.84. The molecule has 4 rings (SSSR count). The van der Waals surface area contributed by atoms with Crippen LogP contribution in [-0.4, -0.2) is 47.7 Å². The lowest BCUT2D eigenvalue weighted by molar-refractivity contribution is -0.135. The van der Waals surface area contributed by atoms with E-state index in [1.165, 1.54) is 18.2 Å². The van der Waals surface area contributed by atoms with Crippen LogP contribution in [0.15, 0.2) is 59.7 Å². The topological polar surface area (TPSA) is 91.2 Å². The van der Waals surface area contributed by atoms with Crippen LogP contribution in [0.5, 0.6) is 11.5 Å². The fraction of sp³-hybridized carbons (Fsp3) is 0.269. The van der Waals surface area contributed by atoms with E-state index in [-0.39, 0.29) is 28.8 Å². The zero-order chi connectivity index (χ0) is 24.1. The van der Waals surface area contributed by atoms with Gasteiger partial charge in [-0.1, -0.05) is 42.8 Å². The van der Waals surface area contributed by atoms with Crippen molar-refractivity contribution in [3.63, 3.8) is 0 Å². The van der Waals surface area contributed by atoms with Crippen LogP contribution in [0.2, 0.25) is 5.02 Å². The molecule has 1 aliphatic rings. The SMILES string of the molecule is CC1CCCN(C(=O)COc2ccc(/C=N/NC(=O)c3ccc(O)c(Cl)c3)c3ccccc23)C1. The van der Waals surface area contributed by atoms with Gasteiger partial charge in [-0.2, -0.15) is 5.10 Å². The van der Waals surface area contributed by atoms with E-state index in [0.29, 0.717) is 11.7 Å². The maximum absolute atomic E-state index is 12.6. The molecule has 8 heteroatoms. The van der Waals surface area contributed by atoms with Crippen LogP contribution in [0.25, 0.3) is 10.8 Å². The highest BCUT2D eigenvalue weighted by molar-refractivity contribution is 6.32. The first-order valence-corrected chi connectivity index (χ1v) is 11.5. The lowest BCUT2D eigenvalue weighted by Gasteiger charge is -2.30. The van der Waals surface area contributed by atoms with Crippen LogP contribution in [-0.2, 0) is 4.79 Å². The molecule has 0 aliphatic carbocycles. The predicted octanol–water partition coefficient (Wildman–Crippen LogP) is 4.60. The molecule has 0 saturated carbocycles. The summed E-state index contributed by atoms with van der Waals surface area (Å²) in [6.45, 7) is 3.72. The molecule has 3 aromatic rings. The molecule has 0 aromatic heterocycles. The molecule has 0 bridgehead atoms. The molecule has 34 heavy (non-hydrogen) atoms. The number of nitrogens with one attached hydrogen (secondary N) is 1. The number of benzene rings is 3. The first-order chi connectivity index (χ1) is 16.4. The number of rotatable bonds is 6. The van der Waals surface area contributed by atoms with Crippen molar-refractivity contribution in [3.8, 4) is 11.5 Å². The van der Waals surface area contributed by atoms with Gasteiger partial charge in [-0.15, -0.1) is 0 Å². The van der Waals surface area contributed by atoms with Crippen LogP contribution < -0.4 is 10.2 Å². The molecule has 7 nitrogen and oxygen atoms in total. The van der Waals surface area contributed by atoms with Gasteiger partial charge in [0, 0.05) is 29.6 Å². The third-order valence-electron chi connectivity index (χ3n) is 5.86. The quantitative estimate of drug-likeness (QED) is 0.399. The second-order valence-electron chi connectivity index (χ2n) is 8.44. The molecule has 1 fully saturated rings. The standard InChI is InChI=1S/C26H26ClN3O4/c1-17-5-4-12-30(15-17)25(32)16-34-24-11-9-19(20-6-2-3-7-21(20)24)14-28-29-26(33)18-8-10-23(31)22(27)13-18/h2-3,6-11,13-14,17,31H,4-5,12,15-16H2,1H3,(H,29,33)/b28-14+. The van der Waals surface area contributed by atoms with Crippen molar-refractivity contribution in [2.75, 3.05) is 19.7 Å². The third-order valence-corrected chi connectivity index (χ3v) is 6.16. The summed E-state index contributed by atoms with van der Waals surface area (Å²) >= 11 is 5.86. The van der Waals surface area contributed by atoms with E-state index in [9.17, 15) is 14.7 Å². The largest absolute Gasteiger partial charge is 0.506 e. The van der Waals surface area contributed by atoms with Crippen molar-refractivity contribution in [2.45, 2.75) is 19.8 Å². The number of carbonyl (C=O) groups excluding carboxylic acids is 2. The Labute approximate surface area is 203 Å². The van der Waals surface area contributed by atoms with E-state index < -0.39 is 5.91 Å². The van der Waals surface area contributed by atoms with Crippen LogP contribution >= 0.6 is 11.6 Å². The Balaban J connectivity index is 1.45. The number of hydrazone groups is 1. The third kappa shape index (κ3) is 5.48. The molecule has 0 spiro atoms. The number of phenolic OH excluding ortho intramolecular Hbond substituents is 1. The van der Waals surface area contributed by atoms with Gasteiger partial charge in [-0.3, -0.25) is 9.59 Å². The highest BCUT2D eigenvalue weighted by atomic mass is 35.5. The smallest absolute Gasteiger partial charge is 0.271 e. The van der Waals surface area contributed by atoms with Crippen LogP contribution in [0.4, 0.5) is 0 Å². The second kappa shape index (κ2) is 10.6. The number of halogens is 1. The molecule has 1 unspecified atom stereocenters. The van der Waals surface area contributed by atoms with Gasteiger partial charge in [-0.05, 0) is 54.5 Å². The number of carbonyl (C=O) groups is 2. The van der Waals surface area contributed by atoms with Crippen LogP contribution in [0.3, 0.4) is 0 Å². The zero-order valence-corrected chi connectivity index (χ0v) is 19.6. The monoisotopic (exact) mass is 479 g/mol. The van der Waals surface area contributed by atoms with Gasteiger partial charge in [-0.25, -0.2) is 5.43 Å². The maximum atomic E-state index is 12.6. The summed E-state index contributed by atoms with van der Waals surface area (Å²) in [7, 11) is 0. The van der Waals surface area contributed by atoms with E-state index >= 15 is 0 Å². The number of aromatic hydroxyl groups is 1. The average molecular weight is 480 g/mol. The van der Waals surface area contributed by atoms with Gasteiger partial charge in [0.2, 0.25) is 0 Å². The summed E-state index contributed by atoms with van der Waals surface area (Å²) < 4.78 is 5.91. The Morgan fingerprint density at radius 3 is 2.76 bits per heavy atom. The van der Waals surface area contributed by atoms with Crippen molar-refractivity contribution in [2.24, 2.45) is 11.0 Å². The minimum Gasteiger partial charge on any atom is -0.506 e. The van der Waals surface area contributed by atoms with Crippen molar-refractivity contribution in [1.29, 1.82) is 0 Å². The molecule has 1 atom stereocenters. The van der Waals surface area contributed by atoms with Crippen molar-refractivity contribution >= 4 is 40.4 Å². The number of nitrogens with zero attached hydrogens (tertiary/aromatic N) is 2. The Bertz CT molecular complexity index is 1240. The zero-order valence-electron chi connectivity index (χ0n) is 18.8. The summed E-state index contributed by atoms with van der Waals surface area (Å²) in [5.41, 5.74) is 3.52. The fourth-order valence-electron chi connectivity index (χ4n) is 4.05. The molecule has 3 aromatic carbocycles. The summed E-state index contributed by atoms with van der Waals surface area (Å²) in [4.78, 5) is 26.8. The second-order valence-corrected chi connectivity index (χ2v) is 8.85. The molecule has 176 valence electrons. The first-order valence-electron chi connectivity index (χ1n) is 11.2. The van der Waals surface area contributed by atoms with Crippen LogP contribution in [0, 0.1) is 5.92 Å². The van der Waals surface area contributed by atoms with Gasteiger partial charge in [0.1, 0.15) is 11.5 Å². The molecule has 1 aliphatic heterocycles. The van der Waals surface area contributed by atoms with E-state index in [0.717, 1.165) is 42.3 Å². The van der Waals surface area contributed by atoms with Crippen molar-refractivity contribution in [3.05, 3.63) is 70.7 Å². The van der Waals surface area contributed by atoms with Crippen molar-refractivity contribution < 1.29 is 19.4 Å². The number of phenols is 1. The van der Waals surface area contributed by atoms with Gasteiger partial charge in [0.25, 0.3) is 11.8 Å². The van der Waals surface area contributed by atoms with Gasteiger partial charge < -0.3 is 14.7 Å². The summed E-state index contributed by atoms with van der Waals surface area (Å²) in [6.07, 6.45) is 3.73. The normalized spacial score (nSPS) is 16.1. The number of ether oxygens (including phenoxy) is 1. The minimum atomic E-state index is -0.451. The van der Waals surface area contributed by atoms with E-state index in [1.807, 2.05) is 35.2 Å². The summed E-state index contributed by atoms with van der Waals surface area (Å²) in [5.74, 6) is 0.589. The Morgan fingerprint density at radius 2 is 2.00 bits per heavy atom. The lowest BCUT2D eigenvalue weighted by atomic mass is 10.0. The molecule has 2 amide bonds. The number of hydrogen-bond donors (Lipinski definition) is 2. The molecular weight excluding hydrogens is 454 g/mol. The van der Waals surface area contributed by atoms with E-state index in [2.05, 4.69) is 17.5 Å². The predicted molar refractivity (Wildman–Crippen MR) is 133 cm³/mol. The highest BCUT2D eigenvalue weighted by Gasteiger charge is 2.21. The summed E-state index contributed by atoms with van der Waals surface area (Å²) in [5, 5.41) is 15.4. The van der Waals surface area contributed by atoms with Gasteiger partial charge >= 0.3 is 0 Å². The fourth-order valence-corrected chi connectivity index (χ4v) is 4.23. The van der Waals surface area contributed by atoms with Gasteiger partial charge in [0.15, 0.2) is 6.61 Å². The molecule has 1 heterocycles. The van der Waals surface area contributed by atoms with E-state index in [4.69, 9.17) is 16.3 Å². The van der Waals surface area contributed by atoms with Crippen LogP contribution in [0.1, 0.15) is 35.7 Å². The van der Waals surface area contributed by atoms with E-state index in [1.54, 1.807) is 12.3 Å². The number of likely N-dealkylation sites (tertiary alicyclic amines) is 1. The number of amides is 2. The Hall–Kier alpha value is -3.58. The highest BCUT2D eigenvalue weighted by Crippen LogP contribution is 2.28. The maximum Gasteiger partial charge on any atom is 0.271 e. The first kappa shape index (κ1) is 23.6. The molecular formula is C26H26ClN3O4. The minimum absolute atomic E-state index is 0.00156. The number of hydrogen-bond acceptors (Lipinski definition) is 5. The molecule has 2 N–H and O–H groups in total. The number of piperidine rings is 1. The van der Waals surface area contributed by atoms with Crippen molar-refractivity contribution in [1.82, 2.24) is 10.3 Å².